The van der Waals surface area contributed by atoms with Crippen LogP contribution in [0.4, 0.5) is 0 Å². The van der Waals surface area contributed by atoms with E-state index in [2.05, 4.69) is 0 Å². The minimum atomic E-state index is -0.699. The molecular weight excluding hydrogens is 408 g/mol. The first-order chi connectivity index (χ1) is 15.2. The van der Waals surface area contributed by atoms with Crippen molar-refractivity contribution in [2.45, 2.75) is 26.0 Å². The number of carbonyl (C=O) groups is 2. The molecule has 7 heteroatoms. The lowest BCUT2D eigenvalue weighted by atomic mass is 9.95. The number of hydrogen-bond donors (Lipinski definition) is 1. The second-order valence-corrected chi connectivity index (χ2v) is 8.26. The SMILES string of the molecule is COc1ccc(C2/C(=C(/O)c3cccc(OC(C)C)c3)C(=O)C(=O)N2CCN(C)C)cc1. The van der Waals surface area contributed by atoms with Crippen LogP contribution in [0.5, 0.6) is 11.5 Å². The van der Waals surface area contributed by atoms with Crippen LogP contribution in [0.25, 0.3) is 5.76 Å². The Morgan fingerprint density at radius 1 is 1.09 bits per heavy atom. The Kier molecular flexibility index (Phi) is 7.20. The van der Waals surface area contributed by atoms with Crippen molar-refractivity contribution < 1.29 is 24.2 Å². The maximum Gasteiger partial charge on any atom is 0.295 e. The average molecular weight is 439 g/mol. The van der Waals surface area contributed by atoms with Crippen LogP contribution < -0.4 is 9.47 Å². The van der Waals surface area contributed by atoms with Crippen LogP contribution in [-0.2, 0) is 9.59 Å². The normalized spacial score (nSPS) is 18.0. The minimum absolute atomic E-state index is 0.0386. The van der Waals surface area contributed by atoms with Gasteiger partial charge in [-0.15, -0.1) is 0 Å². The maximum atomic E-state index is 13.1. The molecule has 0 aromatic heterocycles. The van der Waals surface area contributed by atoms with Crippen molar-refractivity contribution >= 4 is 17.4 Å². The van der Waals surface area contributed by atoms with Crippen LogP contribution in [0.2, 0.25) is 0 Å². The summed E-state index contributed by atoms with van der Waals surface area (Å²) >= 11 is 0. The van der Waals surface area contributed by atoms with E-state index in [1.807, 2.05) is 45.0 Å². The summed E-state index contributed by atoms with van der Waals surface area (Å²) in [6.45, 7) is 4.75. The van der Waals surface area contributed by atoms with Crippen LogP contribution in [0, 0.1) is 0 Å². The molecule has 1 atom stereocenters. The molecule has 1 unspecified atom stereocenters. The lowest BCUT2D eigenvalue weighted by molar-refractivity contribution is -0.140. The van der Waals surface area contributed by atoms with Gasteiger partial charge in [-0.2, -0.15) is 0 Å². The Labute approximate surface area is 188 Å². The quantitative estimate of drug-likeness (QED) is 0.386. The number of aliphatic hydroxyl groups is 1. The van der Waals surface area contributed by atoms with E-state index in [4.69, 9.17) is 9.47 Å². The van der Waals surface area contributed by atoms with Crippen molar-refractivity contribution in [1.82, 2.24) is 9.80 Å². The molecule has 1 fully saturated rings. The molecular formula is C25H30N2O5. The predicted molar refractivity (Wildman–Crippen MR) is 123 cm³/mol. The zero-order valence-corrected chi connectivity index (χ0v) is 19.2. The van der Waals surface area contributed by atoms with Crippen LogP contribution in [0.1, 0.15) is 31.0 Å². The molecule has 1 heterocycles. The third-order valence-corrected chi connectivity index (χ3v) is 5.24. The third kappa shape index (κ3) is 4.94. The number of ketones is 1. The third-order valence-electron chi connectivity index (χ3n) is 5.24. The number of rotatable bonds is 8. The lowest BCUT2D eigenvalue weighted by Gasteiger charge is -2.26. The van der Waals surface area contributed by atoms with Gasteiger partial charge in [0.1, 0.15) is 17.3 Å². The van der Waals surface area contributed by atoms with Gasteiger partial charge in [0.25, 0.3) is 11.7 Å². The number of methoxy groups -OCH3 is 1. The molecule has 1 aliphatic heterocycles. The number of ether oxygens (including phenoxy) is 2. The number of benzene rings is 2. The number of hydrogen-bond acceptors (Lipinski definition) is 6. The van der Waals surface area contributed by atoms with Crippen LogP contribution in [-0.4, -0.2) is 67.0 Å². The van der Waals surface area contributed by atoms with Crippen molar-refractivity contribution in [1.29, 1.82) is 0 Å². The van der Waals surface area contributed by atoms with Gasteiger partial charge in [0.15, 0.2) is 0 Å². The number of likely N-dealkylation sites (N-methyl/N-ethyl adjacent to an activating group) is 1. The van der Waals surface area contributed by atoms with E-state index in [-0.39, 0.29) is 17.4 Å². The van der Waals surface area contributed by atoms with Crippen molar-refractivity contribution in [3.8, 4) is 11.5 Å². The first-order valence-electron chi connectivity index (χ1n) is 10.6. The maximum absolute atomic E-state index is 13.1. The molecule has 2 aromatic carbocycles. The van der Waals surface area contributed by atoms with Crippen molar-refractivity contribution in [2.75, 3.05) is 34.3 Å². The Hall–Kier alpha value is -3.32. The minimum Gasteiger partial charge on any atom is -0.507 e. The largest absolute Gasteiger partial charge is 0.507 e. The van der Waals surface area contributed by atoms with Gasteiger partial charge < -0.3 is 24.4 Å². The zero-order chi connectivity index (χ0) is 23.4. The van der Waals surface area contributed by atoms with Gasteiger partial charge in [0.05, 0.1) is 24.8 Å². The summed E-state index contributed by atoms with van der Waals surface area (Å²) in [6, 6.07) is 13.4. The summed E-state index contributed by atoms with van der Waals surface area (Å²) in [7, 11) is 5.38. The lowest BCUT2D eigenvalue weighted by Crippen LogP contribution is -2.35. The molecule has 1 amide bonds. The molecule has 0 aliphatic carbocycles. The number of carbonyl (C=O) groups excluding carboxylic acids is 2. The number of Topliss-reactive ketones (excluding diaryl/α,β-unsaturated/α-hetero) is 1. The van der Waals surface area contributed by atoms with Crippen LogP contribution >= 0.6 is 0 Å². The van der Waals surface area contributed by atoms with Gasteiger partial charge in [-0.05, 0) is 57.8 Å². The molecule has 170 valence electrons. The molecule has 32 heavy (non-hydrogen) atoms. The van der Waals surface area contributed by atoms with Gasteiger partial charge in [-0.25, -0.2) is 0 Å². The van der Waals surface area contributed by atoms with E-state index in [0.29, 0.717) is 30.2 Å². The summed E-state index contributed by atoms with van der Waals surface area (Å²) in [6.07, 6.45) is -0.0386. The number of nitrogens with zero attached hydrogens (tertiary/aromatic N) is 2. The van der Waals surface area contributed by atoms with Crippen molar-refractivity contribution in [3.63, 3.8) is 0 Å². The molecule has 3 rings (SSSR count). The van der Waals surface area contributed by atoms with E-state index < -0.39 is 17.7 Å². The molecule has 0 saturated carbocycles. The van der Waals surface area contributed by atoms with Gasteiger partial charge >= 0.3 is 0 Å². The van der Waals surface area contributed by atoms with Crippen molar-refractivity contribution in [2.24, 2.45) is 0 Å². The van der Waals surface area contributed by atoms with Crippen LogP contribution in [0.3, 0.4) is 0 Å². The fourth-order valence-electron chi connectivity index (χ4n) is 3.70. The average Bonchev–Trinajstić information content (AvgIpc) is 3.01. The molecule has 0 spiro atoms. The standard InChI is InChI=1S/C25H30N2O5/c1-16(2)32-20-8-6-7-18(15-20)23(28)21-22(17-9-11-19(31-5)12-10-17)27(14-13-26(3)4)25(30)24(21)29/h6-12,15-16,22,28H,13-14H2,1-5H3/b23-21-. The summed E-state index contributed by atoms with van der Waals surface area (Å²) in [5, 5.41) is 11.2. The highest BCUT2D eigenvalue weighted by Gasteiger charge is 2.45. The molecule has 1 saturated heterocycles. The first kappa shape index (κ1) is 23.3. The Bertz CT molecular complexity index is 1010. The van der Waals surface area contributed by atoms with E-state index in [1.165, 1.54) is 4.90 Å². The highest BCUT2D eigenvalue weighted by Crippen LogP contribution is 2.40. The summed E-state index contributed by atoms with van der Waals surface area (Å²) in [5.41, 5.74) is 1.22. The zero-order valence-electron chi connectivity index (χ0n) is 19.2. The Morgan fingerprint density at radius 3 is 2.38 bits per heavy atom. The van der Waals surface area contributed by atoms with Crippen molar-refractivity contribution in [3.05, 3.63) is 65.2 Å². The van der Waals surface area contributed by atoms with E-state index in [9.17, 15) is 14.7 Å². The van der Waals surface area contributed by atoms with Gasteiger partial charge in [0.2, 0.25) is 0 Å². The molecule has 7 nitrogen and oxygen atoms in total. The number of amides is 1. The molecule has 1 N–H and O–H groups in total. The number of likely N-dealkylation sites (tertiary alicyclic amines) is 1. The fraction of sp³-hybridized carbons (Fsp3) is 0.360. The highest BCUT2D eigenvalue weighted by molar-refractivity contribution is 6.46. The monoisotopic (exact) mass is 438 g/mol. The van der Waals surface area contributed by atoms with Crippen LogP contribution in [0.15, 0.2) is 54.1 Å². The molecule has 0 bridgehead atoms. The summed E-state index contributed by atoms with van der Waals surface area (Å²) in [4.78, 5) is 29.5. The topological polar surface area (TPSA) is 79.3 Å². The Morgan fingerprint density at radius 2 is 1.78 bits per heavy atom. The predicted octanol–water partition coefficient (Wildman–Crippen LogP) is 3.47. The molecule has 0 radical (unpaired) electrons. The van der Waals surface area contributed by atoms with Gasteiger partial charge in [-0.3, -0.25) is 9.59 Å². The van der Waals surface area contributed by atoms with E-state index >= 15 is 0 Å². The first-order valence-corrected chi connectivity index (χ1v) is 10.6. The molecule has 1 aliphatic rings. The summed E-state index contributed by atoms with van der Waals surface area (Å²) < 4.78 is 11.0. The van der Waals surface area contributed by atoms with Gasteiger partial charge in [0, 0.05) is 18.7 Å². The number of aliphatic hydroxyl groups excluding tert-OH is 1. The second kappa shape index (κ2) is 9.87. The Balaban J connectivity index is 2.11. The van der Waals surface area contributed by atoms with Gasteiger partial charge in [-0.1, -0.05) is 24.3 Å². The fourth-order valence-corrected chi connectivity index (χ4v) is 3.70. The smallest absolute Gasteiger partial charge is 0.295 e. The van der Waals surface area contributed by atoms with E-state index in [0.717, 1.165) is 5.56 Å². The second-order valence-electron chi connectivity index (χ2n) is 8.26. The summed E-state index contributed by atoms with van der Waals surface area (Å²) in [5.74, 6) is -0.295. The van der Waals surface area contributed by atoms with E-state index in [1.54, 1.807) is 43.5 Å². The highest BCUT2D eigenvalue weighted by atomic mass is 16.5. The molecule has 2 aromatic rings.